The van der Waals surface area contributed by atoms with Gasteiger partial charge in [-0.1, -0.05) is 24.3 Å². The predicted octanol–water partition coefficient (Wildman–Crippen LogP) is 1.75. The molecule has 2 aromatic rings. The van der Waals surface area contributed by atoms with E-state index in [1.807, 2.05) is 31.2 Å². The van der Waals surface area contributed by atoms with Crippen molar-refractivity contribution in [3.8, 4) is 6.07 Å². The third kappa shape index (κ3) is 4.14. The van der Waals surface area contributed by atoms with Crippen LogP contribution in [-0.2, 0) is 11.3 Å². The van der Waals surface area contributed by atoms with Crippen molar-refractivity contribution in [1.29, 1.82) is 5.26 Å². The van der Waals surface area contributed by atoms with E-state index in [1.165, 1.54) is 6.33 Å². The smallest absolute Gasteiger partial charge is 0.221 e. The first-order valence-corrected chi connectivity index (χ1v) is 6.77. The molecule has 0 bridgehead atoms. The molecule has 1 atom stereocenters. The maximum Gasteiger partial charge on any atom is 0.221 e. The number of hydrogen-bond acceptors (Lipinski definition) is 4. The maximum atomic E-state index is 11.9. The minimum absolute atomic E-state index is 0.134. The van der Waals surface area contributed by atoms with E-state index in [-0.39, 0.29) is 5.91 Å². The van der Waals surface area contributed by atoms with Gasteiger partial charge in [0.1, 0.15) is 18.7 Å². The molecule has 1 aromatic carbocycles. The Balaban J connectivity index is 1.86. The summed E-state index contributed by atoms with van der Waals surface area (Å²) >= 11 is 0. The number of nitrogens with zero attached hydrogens (tertiary/aromatic N) is 4. The highest BCUT2D eigenvalue weighted by Gasteiger charge is 2.15. The van der Waals surface area contributed by atoms with Gasteiger partial charge in [0.25, 0.3) is 0 Å². The molecule has 0 aliphatic carbocycles. The molecule has 0 radical (unpaired) electrons. The summed E-state index contributed by atoms with van der Waals surface area (Å²) in [5, 5.41) is 16.0. The van der Waals surface area contributed by atoms with E-state index in [4.69, 9.17) is 0 Å². The first-order chi connectivity index (χ1) is 10.2. The number of benzene rings is 1. The Kier molecular flexibility index (Phi) is 5.04. The lowest BCUT2D eigenvalue weighted by Crippen LogP contribution is -2.28. The van der Waals surface area contributed by atoms with E-state index in [2.05, 4.69) is 21.5 Å². The minimum Gasteiger partial charge on any atom is -0.337 e. The summed E-state index contributed by atoms with van der Waals surface area (Å²) in [4.78, 5) is 15.8. The lowest BCUT2D eigenvalue weighted by atomic mass is 10.0. The number of rotatable bonds is 6. The fourth-order valence-electron chi connectivity index (χ4n) is 2.07. The van der Waals surface area contributed by atoms with Crippen LogP contribution in [0.5, 0.6) is 0 Å². The zero-order chi connectivity index (χ0) is 15.1. The van der Waals surface area contributed by atoms with Crippen LogP contribution >= 0.6 is 0 Å². The van der Waals surface area contributed by atoms with Gasteiger partial charge in [-0.25, -0.2) is 4.98 Å². The van der Waals surface area contributed by atoms with Crippen molar-refractivity contribution in [3.63, 3.8) is 0 Å². The molecule has 0 unspecified atom stereocenters. The van der Waals surface area contributed by atoms with Gasteiger partial charge in [-0.15, -0.1) is 0 Å². The second kappa shape index (κ2) is 7.20. The molecule has 108 valence electrons. The molecule has 0 aliphatic rings. The highest BCUT2D eigenvalue weighted by Crippen LogP contribution is 2.16. The standard InChI is InChI=1S/C15H17N5O/c1-12-5-2-3-6-13(12)14(9-16)19-15(21)7-4-8-20-11-17-10-18-20/h2-3,5-6,10-11,14H,4,7-8H2,1H3,(H,19,21)/t14-/m0/s1. The van der Waals surface area contributed by atoms with Gasteiger partial charge in [0.2, 0.25) is 5.91 Å². The van der Waals surface area contributed by atoms with Crippen LogP contribution in [0.4, 0.5) is 0 Å². The molecule has 2 rings (SSSR count). The Hall–Kier alpha value is -2.68. The number of aromatic nitrogens is 3. The molecular formula is C15H17N5O. The maximum absolute atomic E-state index is 11.9. The monoisotopic (exact) mass is 283 g/mol. The average molecular weight is 283 g/mol. The zero-order valence-electron chi connectivity index (χ0n) is 11.9. The van der Waals surface area contributed by atoms with Gasteiger partial charge in [0.15, 0.2) is 0 Å². The van der Waals surface area contributed by atoms with E-state index < -0.39 is 6.04 Å². The summed E-state index contributed by atoms with van der Waals surface area (Å²) in [6, 6.07) is 9.09. The largest absolute Gasteiger partial charge is 0.337 e. The molecule has 21 heavy (non-hydrogen) atoms. The fourth-order valence-corrected chi connectivity index (χ4v) is 2.07. The van der Waals surface area contributed by atoms with E-state index in [1.54, 1.807) is 11.0 Å². The number of nitrogens with one attached hydrogen (secondary N) is 1. The number of hydrogen-bond donors (Lipinski definition) is 1. The molecule has 6 nitrogen and oxygen atoms in total. The first-order valence-electron chi connectivity index (χ1n) is 6.77. The lowest BCUT2D eigenvalue weighted by molar-refractivity contribution is -0.121. The molecule has 0 saturated heterocycles. The molecule has 1 heterocycles. The van der Waals surface area contributed by atoms with Crippen LogP contribution in [0.3, 0.4) is 0 Å². The average Bonchev–Trinajstić information content (AvgIpc) is 2.99. The molecule has 0 saturated carbocycles. The van der Waals surface area contributed by atoms with Crippen LogP contribution in [0.2, 0.25) is 0 Å². The molecule has 1 aromatic heterocycles. The summed E-state index contributed by atoms with van der Waals surface area (Å²) in [5.41, 5.74) is 1.83. The Morgan fingerprint density at radius 3 is 2.95 bits per heavy atom. The molecule has 0 aliphatic heterocycles. The lowest BCUT2D eigenvalue weighted by Gasteiger charge is -2.14. The van der Waals surface area contributed by atoms with Crippen molar-refractivity contribution in [1.82, 2.24) is 20.1 Å². The zero-order valence-corrected chi connectivity index (χ0v) is 11.9. The normalized spacial score (nSPS) is 11.6. The van der Waals surface area contributed by atoms with E-state index in [9.17, 15) is 10.1 Å². The second-order valence-corrected chi connectivity index (χ2v) is 4.75. The molecule has 0 spiro atoms. The van der Waals surface area contributed by atoms with Gasteiger partial charge in [-0.2, -0.15) is 10.4 Å². The van der Waals surface area contributed by atoms with Crippen molar-refractivity contribution in [3.05, 3.63) is 48.0 Å². The van der Waals surface area contributed by atoms with Crippen molar-refractivity contribution < 1.29 is 4.79 Å². The second-order valence-electron chi connectivity index (χ2n) is 4.75. The van der Waals surface area contributed by atoms with Gasteiger partial charge in [-0.3, -0.25) is 9.48 Å². The Bertz CT molecular complexity index is 630. The van der Waals surface area contributed by atoms with Crippen LogP contribution in [0.25, 0.3) is 0 Å². The summed E-state index contributed by atoms with van der Waals surface area (Å²) in [6.07, 6.45) is 4.08. The molecule has 0 fully saturated rings. The van der Waals surface area contributed by atoms with Crippen molar-refractivity contribution in [2.45, 2.75) is 32.4 Å². The molecule has 1 N–H and O–H groups in total. The number of nitriles is 1. The first kappa shape index (κ1) is 14.7. The van der Waals surface area contributed by atoms with Crippen molar-refractivity contribution in [2.75, 3.05) is 0 Å². The van der Waals surface area contributed by atoms with Gasteiger partial charge in [-0.05, 0) is 24.5 Å². The minimum atomic E-state index is -0.606. The molecule has 1 amide bonds. The quantitative estimate of drug-likeness (QED) is 0.875. The van der Waals surface area contributed by atoms with Crippen molar-refractivity contribution >= 4 is 5.91 Å². The summed E-state index contributed by atoms with van der Waals surface area (Å²) in [6.45, 7) is 2.56. The van der Waals surface area contributed by atoms with Gasteiger partial charge < -0.3 is 5.32 Å². The van der Waals surface area contributed by atoms with Crippen LogP contribution < -0.4 is 5.32 Å². The number of carbonyl (C=O) groups is 1. The SMILES string of the molecule is Cc1ccccc1[C@H](C#N)NC(=O)CCCn1cncn1. The molecule has 6 heteroatoms. The van der Waals surface area contributed by atoms with Gasteiger partial charge in [0, 0.05) is 13.0 Å². The van der Waals surface area contributed by atoms with Gasteiger partial charge in [0.05, 0.1) is 6.07 Å². The number of carbonyl (C=O) groups excluding carboxylic acids is 1. The topological polar surface area (TPSA) is 83.6 Å². The van der Waals surface area contributed by atoms with Crippen LogP contribution in [-0.4, -0.2) is 20.7 Å². The highest BCUT2D eigenvalue weighted by atomic mass is 16.1. The molecular weight excluding hydrogens is 266 g/mol. The summed E-state index contributed by atoms with van der Waals surface area (Å²) < 4.78 is 1.68. The van der Waals surface area contributed by atoms with Gasteiger partial charge >= 0.3 is 0 Å². The third-order valence-electron chi connectivity index (χ3n) is 3.19. The summed E-state index contributed by atoms with van der Waals surface area (Å²) in [7, 11) is 0. The van der Waals surface area contributed by atoms with E-state index in [0.717, 1.165) is 11.1 Å². The third-order valence-corrected chi connectivity index (χ3v) is 3.19. The van der Waals surface area contributed by atoms with E-state index in [0.29, 0.717) is 19.4 Å². The van der Waals surface area contributed by atoms with Crippen LogP contribution in [0.15, 0.2) is 36.9 Å². The number of aryl methyl sites for hydroxylation is 2. The predicted molar refractivity (Wildman–Crippen MR) is 76.9 cm³/mol. The Morgan fingerprint density at radius 2 is 2.29 bits per heavy atom. The van der Waals surface area contributed by atoms with Crippen molar-refractivity contribution in [2.24, 2.45) is 0 Å². The number of amides is 1. The highest BCUT2D eigenvalue weighted by molar-refractivity contribution is 5.76. The summed E-state index contributed by atoms with van der Waals surface area (Å²) in [5.74, 6) is -0.134. The Morgan fingerprint density at radius 1 is 1.48 bits per heavy atom. The van der Waals surface area contributed by atoms with E-state index >= 15 is 0 Å². The van der Waals surface area contributed by atoms with Crippen LogP contribution in [0, 0.1) is 18.3 Å². The fraction of sp³-hybridized carbons (Fsp3) is 0.333. The van der Waals surface area contributed by atoms with Crippen LogP contribution in [0.1, 0.15) is 30.0 Å². The Labute approximate surface area is 123 Å².